The van der Waals surface area contributed by atoms with Gasteiger partial charge in [0.05, 0.1) is 24.9 Å². The number of aryl methyl sites for hydroxylation is 1. The molecule has 2 heterocycles. The van der Waals surface area contributed by atoms with E-state index in [4.69, 9.17) is 9.72 Å². The number of fused-ring (bicyclic) bond motifs is 1. The number of benzene rings is 1. The normalized spacial score (nSPS) is 18.1. The van der Waals surface area contributed by atoms with E-state index in [0.29, 0.717) is 0 Å². The maximum atomic E-state index is 5.39. The smallest absolute Gasteiger partial charge is 0.128 e. The number of para-hydroxylation sites is 1. The highest BCUT2D eigenvalue weighted by Crippen LogP contribution is 2.20. The van der Waals surface area contributed by atoms with Crippen LogP contribution in [-0.4, -0.2) is 42.4 Å². The van der Waals surface area contributed by atoms with Crippen LogP contribution in [0.1, 0.15) is 12.5 Å². The van der Waals surface area contributed by atoms with E-state index < -0.39 is 0 Å². The molecule has 1 aromatic carbocycles. The molecule has 1 aliphatic rings. The first-order chi connectivity index (χ1) is 9.74. The predicted molar refractivity (Wildman–Crippen MR) is 82.0 cm³/mol. The highest BCUT2D eigenvalue weighted by atomic mass is 16.5. The Bertz CT molecular complexity index is 593. The molecule has 1 atom stereocenters. The number of anilines is 1. The molecule has 1 unspecified atom stereocenters. The monoisotopic (exact) mass is 271 g/mol. The topological polar surface area (TPSA) is 37.4 Å². The largest absolute Gasteiger partial charge is 0.379 e. The Hall–Kier alpha value is -1.65. The summed E-state index contributed by atoms with van der Waals surface area (Å²) < 4.78 is 5.39. The molecule has 0 bridgehead atoms. The van der Waals surface area contributed by atoms with Crippen molar-refractivity contribution in [3.63, 3.8) is 0 Å². The summed E-state index contributed by atoms with van der Waals surface area (Å²) in [5, 5.41) is 4.72. The van der Waals surface area contributed by atoms with Crippen molar-refractivity contribution in [2.75, 3.05) is 31.6 Å². The summed E-state index contributed by atoms with van der Waals surface area (Å²) in [5.74, 6) is 0.945. The Morgan fingerprint density at radius 3 is 2.80 bits per heavy atom. The maximum absolute atomic E-state index is 5.39. The van der Waals surface area contributed by atoms with Gasteiger partial charge in [0.15, 0.2) is 0 Å². The summed E-state index contributed by atoms with van der Waals surface area (Å²) in [6.45, 7) is 7.89. The minimum absolute atomic E-state index is 0.270. The van der Waals surface area contributed by atoms with Crippen LogP contribution in [0.3, 0.4) is 0 Å². The van der Waals surface area contributed by atoms with Crippen LogP contribution in [-0.2, 0) is 4.74 Å². The highest BCUT2D eigenvalue weighted by molar-refractivity contribution is 5.83. The Morgan fingerprint density at radius 2 is 2.00 bits per heavy atom. The van der Waals surface area contributed by atoms with E-state index in [1.807, 2.05) is 6.07 Å². The van der Waals surface area contributed by atoms with Crippen molar-refractivity contribution in [1.29, 1.82) is 0 Å². The van der Waals surface area contributed by atoms with Crippen molar-refractivity contribution < 1.29 is 4.74 Å². The quantitative estimate of drug-likeness (QED) is 0.931. The van der Waals surface area contributed by atoms with Crippen molar-refractivity contribution in [2.24, 2.45) is 0 Å². The van der Waals surface area contributed by atoms with Crippen LogP contribution in [0.4, 0.5) is 5.82 Å². The molecule has 0 spiro atoms. The van der Waals surface area contributed by atoms with E-state index in [2.05, 4.69) is 48.3 Å². The third kappa shape index (κ3) is 2.76. The first-order valence-electron chi connectivity index (χ1n) is 7.19. The zero-order chi connectivity index (χ0) is 13.9. The molecule has 1 aromatic heterocycles. The fraction of sp³-hybridized carbons (Fsp3) is 0.438. The number of ether oxygens (including phenoxy) is 1. The predicted octanol–water partition coefficient (Wildman–Crippen LogP) is 2.63. The lowest BCUT2D eigenvalue weighted by Crippen LogP contribution is -2.45. The molecule has 0 radical (unpaired) electrons. The molecule has 1 N–H and O–H groups in total. The Labute approximate surface area is 119 Å². The van der Waals surface area contributed by atoms with Crippen molar-refractivity contribution in [1.82, 2.24) is 9.88 Å². The SMILES string of the molecule is Cc1cc(NC(C)N2CCOCC2)nc2ccccc12. The molecule has 2 aromatic rings. The van der Waals surface area contributed by atoms with E-state index >= 15 is 0 Å². The Kier molecular flexibility index (Phi) is 3.85. The summed E-state index contributed by atoms with van der Waals surface area (Å²) >= 11 is 0. The van der Waals surface area contributed by atoms with Gasteiger partial charge in [-0.15, -0.1) is 0 Å². The fourth-order valence-corrected chi connectivity index (χ4v) is 2.69. The van der Waals surface area contributed by atoms with Crippen LogP contribution in [0, 0.1) is 6.92 Å². The number of aromatic nitrogens is 1. The lowest BCUT2D eigenvalue weighted by Gasteiger charge is -2.33. The summed E-state index contributed by atoms with van der Waals surface area (Å²) in [6.07, 6.45) is 0.270. The molecule has 0 saturated carbocycles. The highest BCUT2D eigenvalue weighted by Gasteiger charge is 2.17. The van der Waals surface area contributed by atoms with Gasteiger partial charge in [0.25, 0.3) is 0 Å². The van der Waals surface area contributed by atoms with E-state index in [9.17, 15) is 0 Å². The zero-order valence-electron chi connectivity index (χ0n) is 12.1. The molecule has 1 saturated heterocycles. The van der Waals surface area contributed by atoms with Crippen LogP contribution < -0.4 is 5.32 Å². The number of hydrogen-bond acceptors (Lipinski definition) is 4. The molecule has 0 amide bonds. The van der Waals surface area contributed by atoms with Gasteiger partial charge in [-0.25, -0.2) is 4.98 Å². The summed E-state index contributed by atoms with van der Waals surface area (Å²) in [6, 6.07) is 10.4. The number of nitrogens with one attached hydrogen (secondary N) is 1. The molecule has 1 fully saturated rings. The van der Waals surface area contributed by atoms with E-state index in [1.165, 1.54) is 10.9 Å². The standard InChI is InChI=1S/C16H21N3O/c1-12-11-16(18-15-6-4-3-5-14(12)15)17-13(2)19-7-9-20-10-8-19/h3-6,11,13H,7-10H2,1-2H3,(H,17,18). The van der Waals surface area contributed by atoms with Gasteiger partial charge >= 0.3 is 0 Å². The second-order valence-electron chi connectivity index (χ2n) is 5.31. The van der Waals surface area contributed by atoms with Gasteiger partial charge in [0.2, 0.25) is 0 Å². The van der Waals surface area contributed by atoms with Crippen molar-refractivity contribution in [3.05, 3.63) is 35.9 Å². The third-order valence-electron chi connectivity index (χ3n) is 3.87. The molecular formula is C16H21N3O. The lowest BCUT2D eigenvalue weighted by molar-refractivity contribution is 0.0253. The summed E-state index contributed by atoms with van der Waals surface area (Å²) in [5.41, 5.74) is 2.30. The van der Waals surface area contributed by atoms with Gasteiger partial charge in [-0.3, -0.25) is 4.90 Å². The minimum Gasteiger partial charge on any atom is -0.379 e. The van der Waals surface area contributed by atoms with Gasteiger partial charge in [-0.05, 0) is 31.5 Å². The molecule has 20 heavy (non-hydrogen) atoms. The number of hydrogen-bond donors (Lipinski definition) is 1. The van der Waals surface area contributed by atoms with Crippen molar-refractivity contribution in [2.45, 2.75) is 20.0 Å². The van der Waals surface area contributed by atoms with E-state index in [0.717, 1.165) is 37.6 Å². The second-order valence-corrected chi connectivity index (χ2v) is 5.31. The van der Waals surface area contributed by atoms with E-state index in [-0.39, 0.29) is 6.17 Å². The van der Waals surface area contributed by atoms with Crippen LogP contribution in [0.15, 0.2) is 30.3 Å². The molecule has 1 aliphatic heterocycles. The van der Waals surface area contributed by atoms with Gasteiger partial charge in [0, 0.05) is 18.5 Å². The van der Waals surface area contributed by atoms with Gasteiger partial charge < -0.3 is 10.1 Å². The number of rotatable bonds is 3. The summed E-state index contributed by atoms with van der Waals surface area (Å²) in [7, 11) is 0. The lowest BCUT2D eigenvalue weighted by atomic mass is 10.1. The van der Waals surface area contributed by atoms with Crippen LogP contribution in [0.5, 0.6) is 0 Å². The van der Waals surface area contributed by atoms with Crippen molar-refractivity contribution >= 4 is 16.7 Å². The number of morpholine rings is 1. The molecular weight excluding hydrogens is 250 g/mol. The average Bonchev–Trinajstić information content (AvgIpc) is 2.48. The second kappa shape index (κ2) is 5.77. The van der Waals surface area contributed by atoms with Crippen LogP contribution in [0.25, 0.3) is 10.9 Å². The van der Waals surface area contributed by atoms with Crippen molar-refractivity contribution in [3.8, 4) is 0 Å². The number of nitrogens with zero attached hydrogens (tertiary/aromatic N) is 2. The maximum Gasteiger partial charge on any atom is 0.128 e. The van der Waals surface area contributed by atoms with Crippen LogP contribution >= 0.6 is 0 Å². The molecule has 0 aliphatic carbocycles. The van der Waals surface area contributed by atoms with Crippen LogP contribution in [0.2, 0.25) is 0 Å². The average molecular weight is 271 g/mol. The molecule has 3 rings (SSSR count). The first-order valence-corrected chi connectivity index (χ1v) is 7.19. The Morgan fingerprint density at radius 1 is 1.25 bits per heavy atom. The zero-order valence-corrected chi connectivity index (χ0v) is 12.1. The van der Waals surface area contributed by atoms with E-state index in [1.54, 1.807) is 0 Å². The first kappa shape index (κ1) is 13.3. The van der Waals surface area contributed by atoms with Gasteiger partial charge in [0.1, 0.15) is 5.82 Å². The number of pyridine rings is 1. The van der Waals surface area contributed by atoms with Gasteiger partial charge in [-0.2, -0.15) is 0 Å². The Balaban J connectivity index is 1.80. The minimum atomic E-state index is 0.270. The fourth-order valence-electron chi connectivity index (χ4n) is 2.69. The molecule has 4 nitrogen and oxygen atoms in total. The summed E-state index contributed by atoms with van der Waals surface area (Å²) in [4.78, 5) is 7.09. The molecule has 4 heteroatoms. The third-order valence-corrected chi connectivity index (χ3v) is 3.87. The molecule has 106 valence electrons. The van der Waals surface area contributed by atoms with Gasteiger partial charge in [-0.1, -0.05) is 18.2 Å².